The van der Waals surface area contributed by atoms with Crippen molar-refractivity contribution in [1.82, 2.24) is 9.97 Å². The summed E-state index contributed by atoms with van der Waals surface area (Å²) in [7, 11) is 0. The van der Waals surface area contributed by atoms with Crippen LogP contribution in [0.15, 0.2) is 95.9 Å². The zero-order valence-corrected chi connectivity index (χ0v) is 17.1. The van der Waals surface area contributed by atoms with Crippen LogP contribution in [0.1, 0.15) is 15.9 Å². The zero-order chi connectivity index (χ0) is 21.8. The molecule has 0 radical (unpaired) electrons. The summed E-state index contributed by atoms with van der Waals surface area (Å²) >= 11 is 0. The maximum absolute atomic E-state index is 11.0. The average molecular weight is 421 g/mol. The van der Waals surface area contributed by atoms with Crippen LogP contribution >= 0.6 is 0 Å². The summed E-state index contributed by atoms with van der Waals surface area (Å²) in [6.07, 6.45) is 3.73. The third kappa shape index (κ3) is 4.20. The molecule has 3 aromatic carbocycles. The van der Waals surface area contributed by atoms with Gasteiger partial charge in [-0.15, -0.1) is 0 Å². The fraction of sp³-hybridized carbons (Fsp3) is 0.0385. The van der Waals surface area contributed by atoms with Gasteiger partial charge in [-0.25, -0.2) is 9.97 Å². The lowest BCUT2D eigenvalue weighted by atomic mass is 10.1. The molecular formula is C26H19N3O3. The van der Waals surface area contributed by atoms with E-state index in [9.17, 15) is 4.79 Å². The zero-order valence-electron chi connectivity index (χ0n) is 17.1. The lowest BCUT2D eigenvalue weighted by Gasteiger charge is -2.11. The van der Waals surface area contributed by atoms with Gasteiger partial charge in [0.05, 0.1) is 11.1 Å². The van der Waals surface area contributed by atoms with Gasteiger partial charge in [-0.1, -0.05) is 30.3 Å². The molecule has 5 aromatic rings. The maximum Gasteiger partial charge on any atom is 0.153 e. The van der Waals surface area contributed by atoms with Crippen LogP contribution in [0.3, 0.4) is 0 Å². The lowest BCUT2D eigenvalue weighted by Crippen LogP contribution is -1.97. The number of aldehydes is 1. The molecule has 156 valence electrons. The number of carbonyl (C=O) groups is 1. The van der Waals surface area contributed by atoms with Crippen molar-refractivity contribution >= 4 is 28.7 Å². The standard InChI is InChI=1S/C26H19N3O3/c30-14-19-12-25(32-16-19)20-6-11-24-23(13-20)26(28-17-27-24)29-21-7-9-22(10-8-21)31-15-18-4-2-1-3-5-18/h1-14,16-17H,15H2,(H,27,28,29). The first-order valence-corrected chi connectivity index (χ1v) is 10.1. The van der Waals surface area contributed by atoms with Gasteiger partial charge in [-0.2, -0.15) is 0 Å². The molecule has 0 unspecified atom stereocenters. The van der Waals surface area contributed by atoms with Crippen LogP contribution in [0.2, 0.25) is 0 Å². The van der Waals surface area contributed by atoms with E-state index < -0.39 is 0 Å². The number of hydrogen-bond acceptors (Lipinski definition) is 6. The smallest absolute Gasteiger partial charge is 0.153 e. The molecule has 0 aliphatic carbocycles. The molecule has 0 spiro atoms. The fourth-order valence-corrected chi connectivity index (χ4v) is 3.39. The molecule has 2 aromatic heterocycles. The van der Waals surface area contributed by atoms with Gasteiger partial charge in [0.1, 0.15) is 36.5 Å². The minimum Gasteiger partial charge on any atom is -0.489 e. The van der Waals surface area contributed by atoms with Crippen molar-refractivity contribution in [1.29, 1.82) is 0 Å². The van der Waals surface area contributed by atoms with E-state index in [0.717, 1.165) is 39.8 Å². The summed E-state index contributed by atoms with van der Waals surface area (Å²) in [5, 5.41) is 4.20. The number of rotatable bonds is 7. The average Bonchev–Trinajstić information content (AvgIpc) is 3.34. The van der Waals surface area contributed by atoms with E-state index in [1.54, 1.807) is 6.07 Å². The Morgan fingerprint density at radius 2 is 1.78 bits per heavy atom. The number of fused-ring (bicyclic) bond motifs is 1. The first-order chi connectivity index (χ1) is 15.8. The minimum absolute atomic E-state index is 0.498. The van der Waals surface area contributed by atoms with Crippen molar-refractivity contribution in [2.24, 2.45) is 0 Å². The summed E-state index contributed by atoms with van der Waals surface area (Å²) in [6.45, 7) is 0.519. The number of nitrogens with zero attached hydrogens (tertiary/aromatic N) is 2. The van der Waals surface area contributed by atoms with E-state index in [-0.39, 0.29) is 0 Å². The molecule has 32 heavy (non-hydrogen) atoms. The number of furan rings is 1. The van der Waals surface area contributed by atoms with Crippen molar-refractivity contribution in [2.75, 3.05) is 5.32 Å². The molecule has 0 bridgehead atoms. The van der Waals surface area contributed by atoms with Gasteiger partial charge < -0.3 is 14.5 Å². The van der Waals surface area contributed by atoms with Gasteiger partial charge in [0.25, 0.3) is 0 Å². The Morgan fingerprint density at radius 1 is 0.938 bits per heavy atom. The van der Waals surface area contributed by atoms with Crippen molar-refractivity contribution in [3.63, 3.8) is 0 Å². The van der Waals surface area contributed by atoms with Crippen LogP contribution in [-0.2, 0) is 6.61 Å². The van der Waals surface area contributed by atoms with Gasteiger partial charge in [0.2, 0.25) is 0 Å². The molecule has 0 saturated carbocycles. The largest absolute Gasteiger partial charge is 0.489 e. The second-order valence-electron chi connectivity index (χ2n) is 7.24. The molecule has 0 aliphatic rings. The third-order valence-corrected chi connectivity index (χ3v) is 5.04. The Morgan fingerprint density at radius 3 is 2.56 bits per heavy atom. The molecular weight excluding hydrogens is 402 g/mol. The first kappa shape index (κ1) is 19.5. The highest BCUT2D eigenvalue weighted by atomic mass is 16.5. The van der Waals surface area contributed by atoms with Crippen LogP contribution in [0.4, 0.5) is 11.5 Å². The molecule has 0 amide bonds. The van der Waals surface area contributed by atoms with E-state index >= 15 is 0 Å². The number of aromatic nitrogens is 2. The molecule has 0 aliphatic heterocycles. The maximum atomic E-state index is 11.0. The highest BCUT2D eigenvalue weighted by Crippen LogP contribution is 2.30. The fourth-order valence-electron chi connectivity index (χ4n) is 3.39. The SMILES string of the molecule is O=Cc1coc(-c2ccc3ncnc(Nc4ccc(OCc5ccccc5)cc4)c3c2)c1. The summed E-state index contributed by atoms with van der Waals surface area (Å²) in [5.74, 6) is 2.08. The molecule has 2 heterocycles. The molecule has 5 rings (SSSR count). The number of benzene rings is 3. The summed E-state index contributed by atoms with van der Waals surface area (Å²) in [5.41, 5.74) is 4.14. The Balaban J connectivity index is 1.36. The van der Waals surface area contributed by atoms with Gasteiger partial charge >= 0.3 is 0 Å². The summed E-state index contributed by atoms with van der Waals surface area (Å²) in [6, 6.07) is 25.2. The molecule has 0 saturated heterocycles. The third-order valence-electron chi connectivity index (χ3n) is 5.04. The predicted octanol–water partition coefficient (Wildman–Crippen LogP) is 6.02. The van der Waals surface area contributed by atoms with Crippen molar-refractivity contribution in [3.05, 3.63) is 103 Å². The Hall–Kier alpha value is -4.45. The highest BCUT2D eigenvalue weighted by Gasteiger charge is 2.10. The molecule has 6 heteroatoms. The Labute approximate surface area is 184 Å². The van der Waals surface area contributed by atoms with E-state index in [4.69, 9.17) is 9.15 Å². The Bertz CT molecular complexity index is 1360. The molecule has 0 atom stereocenters. The summed E-state index contributed by atoms with van der Waals surface area (Å²) < 4.78 is 11.4. The van der Waals surface area contributed by atoms with E-state index in [0.29, 0.717) is 23.7 Å². The van der Waals surface area contributed by atoms with E-state index in [1.165, 1.54) is 12.6 Å². The first-order valence-electron chi connectivity index (χ1n) is 10.1. The van der Waals surface area contributed by atoms with E-state index in [2.05, 4.69) is 15.3 Å². The lowest BCUT2D eigenvalue weighted by molar-refractivity contribution is 0.112. The number of hydrogen-bond donors (Lipinski definition) is 1. The van der Waals surface area contributed by atoms with Crippen molar-refractivity contribution in [3.8, 4) is 17.1 Å². The van der Waals surface area contributed by atoms with Gasteiger partial charge in [0.15, 0.2) is 6.29 Å². The van der Waals surface area contributed by atoms with E-state index in [1.807, 2.05) is 72.8 Å². The quantitative estimate of drug-likeness (QED) is 0.324. The van der Waals surface area contributed by atoms with Crippen LogP contribution in [0.25, 0.3) is 22.2 Å². The summed E-state index contributed by atoms with van der Waals surface area (Å²) in [4.78, 5) is 19.7. The monoisotopic (exact) mass is 421 g/mol. The van der Waals surface area contributed by atoms with Crippen molar-refractivity contribution in [2.45, 2.75) is 6.61 Å². The number of nitrogens with one attached hydrogen (secondary N) is 1. The van der Waals surface area contributed by atoms with Gasteiger partial charge in [-0.05, 0) is 54.1 Å². The Kier molecular flexibility index (Phi) is 5.32. The van der Waals surface area contributed by atoms with Crippen molar-refractivity contribution < 1.29 is 13.9 Å². The topological polar surface area (TPSA) is 77.2 Å². The normalized spacial score (nSPS) is 10.8. The second kappa shape index (κ2) is 8.73. The number of ether oxygens (including phenoxy) is 1. The second-order valence-corrected chi connectivity index (χ2v) is 7.24. The van der Waals surface area contributed by atoms with Crippen LogP contribution in [-0.4, -0.2) is 16.3 Å². The molecule has 1 N–H and O–H groups in total. The highest BCUT2D eigenvalue weighted by molar-refractivity contribution is 5.93. The van der Waals surface area contributed by atoms with Crippen LogP contribution in [0, 0.1) is 0 Å². The number of carbonyl (C=O) groups excluding carboxylic acids is 1. The minimum atomic E-state index is 0.498. The van der Waals surface area contributed by atoms with Gasteiger partial charge in [-0.3, -0.25) is 4.79 Å². The van der Waals surface area contributed by atoms with Crippen LogP contribution < -0.4 is 10.1 Å². The molecule has 6 nitrogen and oxygen atoms in total. The molecule has 0 fully saturated rings. The van der Waals surface area contributed by atoms with Gasteiger partial charge in [0, 0.05) is 16.6 Å². The number of anilines is 2. The van der Waals surface area contributed by atoms with Crippen LogP contribution in [0.5, 0.6) is 5.75 Å². The predicted molar refractivity (Wildman–Crippen MR) is 123 cm³/mol.